The first-order valence-corrected chi connectivity index (χ1v) is 4.22. The van der Waals surface area contributed by atoms with Crippen LogP contribution in [0.5, 0.6) is 0 Å². The zero-order chi connectivity index (χ0) is 11.0. The SMILES string of the molecule is COC(=O)c1cccc2c1C(=O)C(=O)N2. The van der Waals surface area contributed by atoms with E-state index in [-0.39, 0.29) is 11.1 Å². The van der Waals surface area contributed by atoms with E-state index in [4.69, 9.17) is 0 Å². The molecule has 5 nitrogen and oxygen atoms in total. The fourth-order valence-electron chi connectivity index (χ4n) is 1.47. The summed E-state index contributed by atoms with van der Waals surface area (Å²) in [6, 6.07) is 4.58. The van der Waals surface area contributed by atoms with Crippen LogP contribution in [0.25, 0.3) is 0 Å². The number of ether oxygens (including phenoxy) is 1. The molecule has 0 fully saturated rings. The maximum Gasteiger partial charge on any atom is 0.338 e. The summed E-state index contributed by atoms with van der Waals surface area (Å²) in [6.45, 7) is 0. The fourth-order valence-corrected chi connectivity index (χ4v) is 1.47. The molecule has 0 spiro atoms. The second kappa shape index (κ2) is 3.20. The summed E-state index contributed by atoms with van der Waals surface area (Å²) in [6.07, 6.45) is 0. The van der Waals surface area contributed by atoms with Crippen LogP contribution in [-0.2, 0) is 9.53 Å². The molecule has 1 aromatic carbocycles. The van der Waals surface area contributed by atoms with Gasteiger partial charge in [0.2, 0.25) is 0 Å². The van der Waals surface area contributed by atoms with Crippen molar-refractivity contribution < 1.29 is 19.1 Å². The molecule has 0 saturated carbocycles. The van der Waals surface area contributed by atoms with Crippen LogP contribution in [0, 0.1) is 0 Å². The van der Waals surface area contributed by atoms with E-state index in [1.807, 2.05) is 0 Å². The number of fused-ring (bicyclic) bond motifs is 1. The highest BCUT2D eigenvalue weighted by Gasteiger charge is 2.32. The van der Waals surface area contributed by atoms with Crippen molar-refractivity contribution in [1.82, 2.24) is 0 Å². The number of hydrogen-bond donors (Lipinski definition) is 1. The molecule has 0 saturated heterocycles. The molecule has 0 radical (unpaired) electrons. The Labute approximate surface area is 85.0 Å². The average molecular weight is 205 g/mol. The lowest BCUT2D eigenvalue weighted by Crippen LogP contribution is -2.14. The van der Waals surface area contributed by atoms with Gasteiger partial charge in [0, 0.05) is 0 Å². The van der Waals surface area contributed by atoms with Crippen LogP contribution in [0.15, 0.2) is 18.2 Å². The minimum atomic E-state index is -0.721. The lowest BCUT2D eigenvalue weighted by molar-refractivity contribution is -0.112. The molecule has 15 heavy (non-hydrogen) atoms. The van der Waals surface area contributed by atoms with Gasteiger partial charge in [0.15, 0.2) is 0 Å². The van der Waals surface area contributed by atoms with Crippen molar-refractivity contribution in [2.45, 2.75) is 0 Å². The van der Waals surface area contributed by atoms with Crippen LogP contribution in [-0.4, -0.2) is 24.8 Å². The van der Waals surface area contributed by atoms with Crippen LogP contribution in [0.3, 0.4) is 0 Å². The highest BCUT2D eigenvalue weighted by Crippen LogP contribution is 2.26. The van der Waals surface area contributed by atoms with Gasteiger partial charge in [0.25, 0.3) is 11.7 Å². The van der Waals surface area contributed by atoms with Gasteiger partial charge < -0.3 is 10.1 Å². The highest BCUT2D eigenvalue weighted by atomic mass is 16.5. The topological polar surface area (TPSA) is 72.5 Å². The molecule has 1 aliphatic heterocycles. The molecule has 1 aromatic rings. The molecule has 1 aliphatic rings. The van der Waals surface area contributed by atoms with Crippen molar-refractivity contribution in [2.24, 2.45) is 0 Å². The number of methoxy groups -OCH3 is 1. The van der Waals surface area contributed by atoms with Gasteiger partial charge in [-0.15, -0.1) is 0 Å². The smallest absolute Gasteiger partial charge is 0.338 e. The van der Waals surface area contributed by atoms with Crippen LogP contribution >= 0.6 is 0 Å². The predicted molar refractivity (Wildman–Crippen MR) is 50.7 cm³/mol. The average Bonchev–Trinajstić information content (AvgIpc) is 2.54. The summed E-state index contributed by atoms with van der Waals surface area (Å²) in [5.41, 5.74) is 0.556. The van der Waals surface area contributed by atoms with Gasteiger partial charge in [0.1, 0.15) is 0 Å². The molecular formula is C10H7NO4. The van der Waals surface area contributed by atoms with E-state index in [2.05, 4.69) is 10.1 Å². The number of anilines is 1. The molecule has 0 aromatic heterocycles. The summed E-state index contributed by atoms with van der Waals surface area (Å²) in [4.78, 5) is 33.8. The van der Waals surface area contributed by atoms with Crippen molar-refractivity contribution in [2.75, 3.05) is 12.4 Å². The molecular weight excluding hydrogens is 198 g/mol. The quantitative estimate of drug-likeness (QED) is 0.538. The molecule has 2 rings (SSSR count). The molecule has 0 unspecified atom stereocenters. The van der Waals surface area contributed by atoms with Crippen LogP contribution < -0.4 is 5.32 Å². The third-order valence-electron chi connectivity index (χ3n) is 2.15. The number of hydrogen-bond acceptors (Lipinski definition) is 4. The van der Waals surface area contributed by atoms with E-state index >= 15 is 0 Å². The second-order valence-electron chi connectivity index (χ2n) is 3.00. The Hall–Kier alpha value is -2.17. The van der Waals surface area contributed by atoms with E-state index in [1.54, 1.807) is 12.1 Å². The lowest BCUT2D eigenvalue weighted by Gasteiger charge is -2.02. The molecule has 1 amide bonds. The zero-order valence-corrected chi connectivity index (χ0v) is 7.87. The van der Waals surface area contributed by atoms with Crippen molar-refractivity contribution in [3.05, 3.63) is 29.3 Å². The van der Waals surface area contributed by atoms with Gasteiger partial charge in [-0.2, -0.15) is 0 Å². The minimum Gasteiger partial charge on any atom is -0.465 e. The minimum absolute atomic E-state index is 0.0920. The van der Waals surface area contributed by atoms with Crippen LogP contribution in [0.2, 0.25) is 0 Å². The second-order valence-corrected chi connectivity index (χ2v) is 3.00. The van der Waals surface area contributed by atoms with Crippen molar-refractivity contribution >= 4 is 23.3 Å². The van der Waals surface area contributed by atoms with Crippen molar-refractivity contribution in [3.8, 4) is 0 Å². The Balaban J connectivity index is 2.62. The number of nitrogens with one attached hydrogen (secondary N) is 1. The van der Waals surface area contributed by atoms with E-state index in [1.165, 1.54) is 13.2 Å². The summed E-state index contributed by atoms with van der Waals surface area (Å²) >= 11 is 0. The number of Topliss-reactive ketones (excluding diaryl/α,β-unsaturated/α-hetero) is 1. The van der Waals surface area contributed by atoms with Gasteiger partial charge in [-0.3, -0.25) is 9.59 Å². The van der Waals surface area contributed by atoms with E-state index in [0.717, 1.165) is 0 Å². The monoisotopic (exact) mass is 205 g/mol. The molecule has 76 valence electrons. The molecule has 0 atom stereocenters. The molecule has 1 N–H and O–H groups in total. The first-order chi connectivity index (χ1) is 7.15. The Bertz CT molecular complexity index is 478. The molecule has 0 bridgehead atoms. The van der Waals surface area contributed by atoms with E-state index in [9.17, 15) is 14.4 Å². The van der Waals surface area contributed by atoms with Crippen molar-refractivity contribution in [1.29, 1.82) is 0 Å². The first kappa shape index (κ1) is 9.39. The van der Waals surface area contributed by atoms with Gasteiger partial charge in [-0.1, -0.05) is 6.07 Å². The van der Waals surface area contributed by atoms with Gasteiger partial charge >= 0.3 is 5.97 Å². The largest absolute Gasteiger partial charge is 0.465 e. The number of ketones is 1. The fraction of sp³-hybridized carbons (Fsp3) is 0.100. The maximum atomic E-state index is 11.4. The maximum absolute atomic E-state index is 11.4. The summed E-state index contributed by atoms with van der Waals surface area (Å²) in [5, 5.41) is 2.37. The number of rotatable bonds is 1. The first-order valence-electron chi connectivity index (χ1n) is 4.22. The molecule has 5 heteroatoms. The summed E-state index contributed by atoms with van der Waals surface area (Å²) in [7, 11) is 1.22. The molecule has 0 aliphatic carbocycles. The zero-order valence-electron chi connectivity index (χ0n) is 7.87. The van der Waals surface area contributed by atoms with Crippen LogP contribution in [0.4, 0.5) is 5.69 Å². The standard InChI is InChI=1S/C10H7NO4/c1-15-10(14)5-3-2-4-6-7(5)8(12)9(13)11-6/h2-4H,1H3,(H,11,12,13). The number of esters is 1. The van der Waals surface area contributed by atoms with Gasteiger partial charge in [-0.05, 0) is 12.1 Å². The Kier molecular flexibility index (Phi) is 2.00. The van der Waals surface area contributed by atoms with Gasteiger partial charge in [0.05, 0.1) is 23.9 Å². The molecule has 1 heterocycles. The Morgan fingerprint density at radius 2 is 2.07 bits per heavy atom. The van der Waals surface area contributed by atoms with Crippen molar-refractivity contribution in [3.63, 3.8) is 0 Å². The van der Waals surface area contributed by atoms with Crippen LogP contribution in [0.1, 0.15) is 20.7 Å². The summed E-state index contributed by atoms with van der Waals surface area (Å²) in [5.74, 6) is -2.05. The normalized spacial score (nSPS) is 13.4. The number of carbonyl (C=O) groups is 3. The Morgan fingerprint density at radius 3 is 2.73 bits per heavy atom. The Morgan fingerprint density at radius 1 is 1.33 bits per heavy atom. The highest BCUT2D eigenvalue weighted by molar-refractivity contribution is 6.52. The number of benzene rings is 1. The van der Waals surface area contributed by atoms with E-state index in [0.29, 0.717) is 5.69 Å². The predicted octanol–water partition coefficient (Wildman–Crippen LogP) is 0.608. The lowest BCUT2D eigenvalue weighted by atomic mass is 10.0. The van der Waals surface area contributed by atoms with Gasteiger partial charge in [-0.25, -0.2) is 4.79 Å². The summed E-state index contributed by atoms with van der Waals surface area (Å²) < 4.78 is 4.51. The number of carbonyl (C=O) groups excluding carboxylic acids is 3. The third kappa shape index (κ3) is 1.28. The number of amides is 1. The third-order valence-corrected chi connectivity index (χ3v) is 2.15. The van der Waals surface area contributed by atoms with E-state index < -0.39 is 17.7 Å².